The van der Waals surface area contributed by atoms with E-state index in [1.807, 2.05) is 0 Å². The van der Waals surface area contributed by atoms with Crippen molar-refractivity contribution in [1.29, 1.82) is 0 Å². The van der Waals surface area contributed by atoms with Crippen LogP contribution < -0.4 is 4.74 Å². The van der Waals surface area contributed by atoms with Gasteiger partial charge in [0.15, 0.2) is 5.78 Å². The van der Waals surface area contributed by atoms with Gasteiger partial charge in [-0.2, -0.15) is 13.2 Å². The van der Waals surface area contributed by atoms with Crippen LogP contribution in [0, 0.1) is 0 Å². The maximum absolute atomic E-state index is 12.1. The highest BCUT2D eigenvalue weighted by atomic mass is 19.4. The molecule has 0 saturated heterocycles. The molecule has 0 atom stereocenters. The maximum Gasteiger partial charge on any atom is 0.396 e. The first kappa shape index (κ1) is 14.5. The monoisotopic (exact) mass is 262 g/mol. The maximum atomic E-state index is 12.1. The average Bonchev–Trinajstić information content (AvgIpc) is 2.27. The van der Waals surface area contributed by atoms with Crippen molar-refractivity contribution in [3.05, 3.63) is 29.8 Å². The number of alkyl halides is 3. The number of ether oxygens (including phenoxy) is 2. The molecule has 1 rings (SSSR count). The lowest BCUT2D eigenvalue weighted by Crippen LogP contribution is -2.16. The van der Waals surface area contributed by atoms with Crippen molar-refractivity contribution in [3.8, 4) is 5.75 Å². The molecule has 1 aromatic rings. The van der Waals surface area contributed by atoms with Gasteiger partial charge in [-0.05, 0) is 12.1 Å². The number of halogens is 3. The van der Waals surface area contributed by atoms with Crippen molar-refractivity contribution in [3.63, 3.8) is 0 Å². The van der Waals surface area contributed by atoms with Crippen LogP contribution >= 0.6 is 0 Å². The van der Waals surface area contributed by atoms with Crippen molar-refractivity contribution < 1.29 is 27.4 Å². The van der Waals surface area contributed by atoms with Gasteiger partial charge in [-0.15, -0.1) is 0 Å². The Labute approximate surface area is 103 Å². The number of methoxy groups -OCH3 is 1. The number of ketones is 1. The van der Waals surface area contributed by atoms with Crippen molar-refractivity contribution in [1.82, 2.24) is 0 Å². The molecule has 0 fully saturated rings. The second kappa shape index (κ2) is 6.39. The molecule has 0 aliphatic carbocycles. The Kier molecular flexibility index (Phi) is 5.15. The van der Waals surface area contributed by atoms with Gasteiger partial charge in [0.1, 0.15) is 18.8 Å². The highest BCUT2D eigenvalue weighted by molar-refractivity contribution is 5.99. The van der Waals surface area contributed by atoms with Gasteiger partial charge in [0.25, 0.3) is 0 Å². The largest absolute Gasteiger partial charge is 0.490 e. The third-order valence-corrected chi connectivity index (χ3v) is 2.09. The number of hydrogen-bond donors (Lipinski definition) is 0. The first-order valence-electron chi connectivity index (χ1n) is 5.25. The molecule has 0 saturated carbocycles. The Balaban J connectivity index is 2.78. The quantitative estimate of drug-likeness (QED) is 0.584. The van der Waals surface area contributed by atoms with Crippen molar-refractivity contribution >= 4 is 5.78 Å². The van der Waals surface area contributed by atoms with Crippen molar-refractivity contribution in [2.75, 3.05) is 20.3 Å². The van der Waals surface area contributed by atoms with E-state index >= 15 is 0 Å². The molecule has 3 nitrogen and oxygen atoms in total. The minimum absolute atomic E-state index is 0.0640. The second-order valence-electron chi connectivity index (χ2n) is 3.55. The average molecular weight is 262 g/mol. The first-order valence-corrected chi connectivity index (χ1v) is 5.25. The minimum atomic E-state index is -4.52. The Morgan fingerprint density at radius 1 is 1.22 bits per heavy atom. The summed E-state index contributed by atoms with van der Waals surface area (Å²) in [5.41, 5.74) is -0.0640. The molecule has 0 aliphatic heterocycles. The van der Waals surface area contributed by atoms with Gasteiger partial charge in [-0.3, -0.25) is 4.79 Å². The van der Waals surface area contributed by atoms with Crippen LogP contribution in [0.5, 0.6) is 5.75 Å². The predicted octanol–water partition coefficient (Wildman–Crippen LogP) is 2.85. The van der Waals surface area contributed by atoms with Crippen molar-refractivity contribution in [2.45, 2.75) is 12.6 Å². The van der Waals surface area contributed by atoms with E-state index in [1.165, 1.54) is 25.3 Å². The molecule has 0 heterocycles. The molecule has 0 aliphatic rings. The van der Waals surface area contributed by atoms with E-state index < -0.39 is 18.4 Å². The lowest BCUT2D eigenvalue weighted by atomic mass is 10.1. The van der Waals surface area contributed by atoms with Gasteiger partial charge in [-0.25, -0.2) is 0 Å². The number of rotatable bonds is 6. The van der Waals surface area contributed by atoms with Crippen molar-refractivity contribution in [2.24, 2.45) is 0 Å². The molecule has 18 heavy (non-hydrogen) atoms. The molecule has 0 unspecified atom stereocenters. The zero-order valence-corrected chi connectivity index (χ0v) is 9.79. The Hall–Kier alpha value is -1.56. The molecule has 1 aromatic carbocycles. The van der Waals surface area contributed by atoms with Gasteiger partial charge in [0.05, 0.1) is 12.2 Å². The summed E-state index contributed by atoms with van der Waals surface area (Å²) in [7, 11) is 1.48. The van der Waals surface area contributed by atoms with E-state index in [9.17, 15) is 18.0 Å². The summed E-state index contributed by atoms with van der Waals surface area (Å²) in [6.07, 6.45) is -6.01. The van der Waals surface area contributed by atoms with Gasteiger partial charge < -0.3 is 9.47 Å². The third kappa shape index (κ3) is 4.75. The van der Waals surface area contributed by atoms with Gasteiger partial charge in [0.2, 0.25) is 0 Å². The summed E-state index contributed by atoms with van der Waals surface area (Å²) in [5, 5.41) is 0. The summed E-state index contributed by atoms with van der Waals surface area (Å²) in [6, 6.07) is 5.86. The molecule has 0 N–H and O–H groups in total. The molecule has 0 radical (unpaired) electrons. The summed E-state index contributed by atoms with van der Waals surface area (Å²) in [6.45, 7) is 0.467. The molecular formula is C12H13F3O3. The van der Waals surface area contributed by atoms with Crippen LogP contribution in [0.25, 0.3) is 0 Å². The number of benzene rings is 1. The van der Waals surface area contributed by atoms with Crippen LogP contribution in [-0.2, 0) is 4.74 Å². The summed E-state index contributed by atoms with van der Waals surface area (Å²) in [4.78, 5) is 11.5. The summed E-state index contributed by atoms with van der Waals surface area (Å²) >= 11 is 0. The van der Waals surface area contributed by atoms with E-state index in [4.69, 9.17) is 9.47 Å². The van der Waals surface area contributed by atoms with Crippen LogP contribution in [0.1, 0.15) is 16.8 Å². The number of para-hydroxylation sites is 1. The summed E-state index contributed by atoms with van der Waals surface area (Å²) < 4.78 is 46.4. The Morgan fingerprint density at radius 2 is 1.89 bits per heavy atom. The predicted molar refractivity (Wildman–Crippen MR) is 58.8 cm³/mol. The molecule has 0 bridgehead atoms. The minimum Gasteiger partial charge on any atom is -0.490 e. The molecule has 0 amide bonds. The van der Waals surface area contributed by atoms with Crippen LogP contribution in [0.3, 0.4) is 0 Å². The van der Waals surface area contributed by atoms with Gasteiger partial charge >= 0.3 is 6.18 Å². The van der Waals surface area contributed by atoms with Gasteiger partial charge in [0, 0.05) is 7.11 Å². The SMILES string of the molecule is COCCOc1ccccc1C(=O)CC(F)(F)F. The van der Waals surface area contributed by atoms with Crippen LogP contribution in [0.15, 0.2) is 24.3 Å². The Morgan fingerprint density at radius 3 is 2.50 bits per heavy atom. The smallest absolute Gasteiger partial charge is 0.396 e. The topological polar surface area (TPSA) is 35.5 Å². The molecule has 100 valence electrons. The zero-order valence-electron chi connectivity index (χ0n) is 9.79. The second-order valence-corrected chi connectivity index (χ2v) is 3.55. The Bertz CT molecular complexity index is 402. The zero-order chi connectivity index (χ0) is 13.6. The first-order chi connectivity index (χ1) is 8.44. The normalized spacial score (nSPS) is 11.3. The number of carbonyl (C=O) groups is 1. The van der Waals surface area contributed by atoms with Gasteiger partial charge in [-0.1, -0.05) is 12.1 Å². The highest BCUT2D eigenvalue weighted by Crippen LogP contribution is 2.26. The number of carbonyl (C=O) groups excluding carboxylic acids is 1. The fourth-order valence-corrected chi connectivity index (χ4v) is 1.34. The van der Waals surface area contributed by atoms with E-state index in [-0.39, 0.29) is 17.9 Å². The fourth-order valence-electron chi connectivity index (χ4n) is 1.34. The lowest BCUT2D eigenvalue weighted by molar-refractivity contribution is -0.125. The third-order valence-electron chi connectivity index (χ3n) is 2.09. The summed E-state index contributed by atoms with van der Waals surface area (Å²) in [5.74, 6) is -0.862. The van der Waals surface area contributed by atoms with Crippen LogP contribution in [0.4, 0.5) is 13.2 Å². The number of Topliss-reactive ketones (excluding diaryl/α,β-unsaturated/α-hetero) is 1. The number of hydrogen-bond acceptors (Lipinski definition) is 3. The van der Waals surface area contributed by atoms with Crippen LogP contribution in [-0.4, -0.2) is 32.3 Å². The molecule has 0 aromatic heterocycles. The lowest BCUT2D eigenvalue weighted by Gasteiger charge is -2.11. The van der Waals surface area contributed by atoms with E-state index in [0.29, 0.717) is 6.61 Å². The van der Waals surface area contributed by atoms with E-state index in [0.717, 1.165) is 0 Å². The molecular weight excluding hydrogens is 249 g/mol. The van der Waals surface area contributed by atoms with Crippen LogP contribution in [0.2, 0.25) is 0 Å². The fraction of sp³-hybridized carbons (Fsp3) is 0.417. The standard InChI is InChI=1S/C12H13F3O3/c1-17-6-7-18-11-5-3-2-4-9(11)10(16)8-12(13,14)15/h2-5H,6-8H2,1H3. The van der Waals surface area contributed by atoms with E-state index in [1.54, 1.807) is 6.07 Å². The molecule has 0 spiro atoms. The molecule has 6 heteroatoms. The van der Waals surface area contributed by atoms with E-state index in [2.05, 4.69) is 0 Å². The highest BCUT2D eigenvalue weighted by Gasteiger charge is 2.32.